The Kier molecular flexibility index (Phi) is 3.98. The highest BCUT2D eigenvalue weighted by molar-refractivity contribution is 5.19. The largest absolute Gasteiger partial charge is 0.313 e. The summed E-state index contributed by atoms with van der Waals surface area (Å²) in [5.41, 5.74) is 0.506. The van der Waals surface area contributed by atoms with Crippen molar-refractivity contribution in [2.75, 3.05) is 13.1 Å². The van der Waals surface area contributed by atoms with E-state index in [0.717, 1.165) is 44.5 Å². The average Bonchev–Trinajstić information content (AvgIpc) is 3.14. The van der Waals surface area contributed by atoms with Crippen molar-refractivity contribution in [3.05, 3.63) is 35.1 Å². The molecule has 0 amide bonds. The van der Waals surface area contributed by atoms with Crippen LogP contribution in [-0.2, 0) is 6.54 Å². The minimum absolute atomic E-state index is 0.464. The number of benzene rings is 1. The maximum atomic E-state index is 13.3. The average molecular weight is 284 g/mol. The lowest BCUT2D eigenvalue weighted by atomic mass is 10.1. The van der Waals surface area contributed by atoms with Gasteiger partial charge in [0.15, 0.2) is 17.5 Å². The maximum absolute atomic E-state index is 13.3. The number of hydrogen-bond acceptors (Lipinski definition) is 2. The smallest absolute Gasteiger partial charge is 0.194 e. The van der Waals surface area contributed by atoms with Crippen molar-refractivity contribution in [1.82, 2.24) is 10.2 Å². The summed E-state index contributed by atoms with van der Waals surface area (Å²) in [5, 5.41) is 3.44. The fourth-order valence-electron chi connectivity index (χ4n) is 2.91. The summed E-state index contributed by atoms with van der Waals surface area (Å²) < 4.78 is 39.5. The highest BCUT2D eigenvalue weighted by Crippen LogP contribution is 2.29. The van der Waals surface area contributed by atoms with Gasteiger partial charge in [-0.2, -0.15) is 0 Å². The van der Waals surface area contributed by atoms with Crippen molar-refractivity contribution in [2.24, 2.45) is 0 Å². The van der Waals surface area contributed by atoms with Crippen LogP contribution in [0.2, 0.25) is 0 Å². The van der Waals surface area contributed by atoms with Gasteiger partial charge in [-0.3, -0.25) is 4.90 Å². The molecular weight excluding hydrogens is 265 g/mol. The molecule has 0 radical (unpaired) electrons. The molecule has 110 valence electrons. The first-order valence-corrected chi connectivity index (χ1v) is 7.24. The van der Waals surface area contributed by atoms with Gasteiger partial charge in [0.25, 0.3) is 0 Å². The Balaban J connectivity index is 1.69. The zero-order valence-electron chi connectivity index (χ0n) is 11.3. The van der Waals surface area contributed by atoms with Gasteiger partial charge in [0.2, 0.25) is 0 Å². The minimum atomic E-state index is -1.39. The number of nitrogens with one attached hydrogen (secondary N) is 1. The van der Waals surface area contributed by atoms with E-state index in [0.29, 0.717) is 24.2 Å². The second kappa shape index (κ2) is 5.74. The van der Waals surface area contributed by atoms with Gasteiger partial charge in [0.1, 0.15) is 0 Å². The van der Waals surface area contributed by atoms with E-state index in [1.54, 1.807) is 0 Å². The van der Waals surface area contributed by atoms with Crippen molar-refractivity contribution in [1.29, 1.82) is 0 Å². The summed E-state index contributed by atoms with van der Waals surface area (Å²) in [6.45, 7) is 2.42. The number of halogens is 3. The molecule has 3 rings (SSSR count). The monoisotopic (exact) mass is 284 g/mol. The summed E-state index contributed by atoms with van der Waals surface area (Å²) in [7, 11) is 0. The van der Waals surface area contributed by atoms with Crippen LogP contribution in [0.25, 0.3) is 0 Å². The van der Waals surface area contributed by atoms with E-state index in [1.165, 1.54) is 6.42 Å². The maximum Gasteiger partial charge on any atom is 0.194 e. The number of rotatable bonds is 5. The summed E-state index contributed by atoms with van der Waals surface area (Å²) in [5.74, 6) is -3.59. The van der Waals surface area contributed by atoms with Crippen molar-refractivity contribution >= 4 is 0 Å². The summed E-state index contributed by atoms with van der Waals surface area (Å²) in [4.78, 5) is 2.26. The predicted molar refractivity (Wildman–Crippen MR) is 70.8 cm³/mol. The molecule has 1 unspecified atom stereocenters. The molecule has 1 aromatic carbocycles. The Morgan fingerprint density at radius 2 is 1.80 bits per heavy atom. The molecule has 0 aromatic heterocycles. The molecule has 0 spiro atoms. The van der Waals surface area contributed by atoms with Gasteiger partial charge >= 0.3 is 0 Å². The molecule has 2 nitrogen and oxygen atoms in total. The SMILES string of the molecule is Fc1cc(CN(CC2CCCN2)C2CC2)cc(F)c1F. The normalized spacial score (nSPS) is 22.7. The first kappa shape index (κ1) is 13.9. The highest BCUT2D eigenvalue weighted by Gasteiger charge is 2.31. The first-order valence-electron chi connectivity index (χ1n) is 7.24. The molecule has 1 aliphatic heterocycles. The molecule has 1 heterocycles. The molecule has 1 saturated heterocycles. The summed E-state index contributed by atoms with van der Waals surface area (Å²) >= 11 is 0. The number of nitrogens with zero attached hydrogens (tertiary/aromatic N) is 1. The molecule has 2 aliphatic rings. The van der Waals surface area contributed by atoms with Crippen LogP contribution < -0.4 is 5.32 Å². The van der Waals surface area contributed by atoms with Gasteiger partial charge in [0, 0.05) is 25.2 Å². The molecular formula is C15H19F3N2. The Bertz CT molecular complexity index is 459. The molecule has 2 fully saturated rings. The third-order valence-corrected chi connectivity index (χ3v) is 4.11. The Morgan fingerprint density at radius 3 is 2.35 bits per heavy atom. The van der Waals surface area contributed by atoms with Crippen molar-refractivity contribution < 1.29 is 13.2 Å². The van der Waals surface area contributed by atoms with Gasteiger partial charge in [-0.05, 0) is 49.9 Å². The van der Waals surface area contributed by atoms with E-state index in [1.807, 2.05) is 0 Å². The van der Waals surface area contributed by atoms with Gasteiger partial charge in [-0.1, -0.05) is 0 Å². The molecule has 1 aliphatic carbocycles. The third kappa shape index (κ3) is 3.15. The van der Waals surface area contributed by atoms with Crippen LogP contribution in [0.5, 0.6) is 0 Å². The molecule has 0 bridgehead atoms. The van der Waals surface area contributed by atoms with Gasteiger partial charge in [-0.15, -0.1) is 0 Å². The van der Waals surface area contributed by atoms with Gasteiger partial charge in [-0.25, -0.2) is 13.2 Å². The summed E-state index contributed by atoms with van der Waals surface area (Å²) in [6.07, 6.45) is 4.61. The van der Waals surface area contributed by atoms with Crippen LogP contribution in [0.3, 0.4) is 0 Å². The van der Waals surface area contributed by atoms with Crippen LogP contribution in [0.4, 0.5) is 13.2 Å². The topological polar surface area (TPSA) is 15.3 Å². The minimum Gasteiger partial charge on any atom is -0.313 e. The number of hydrogen-bond donors (Lipinski definition) is 1. The van der Waals surface area contributed by atoms with Crippen LogP contribution in [0.1, 0.15) is 31.2 Å². The van der Waals surface area contributed by atoms with Crippen LogP contribution in [0.15, 0.2) is 12.1 Å². The molecule has 1 aromatic rings. The lowest BCUT2D eigenvalue weighted by molar-refractivity contribution is 0.230. The van der Waals surface area contributed by atoms with Crippen LogP contribution in [-0.4, -0.2) is 30.1 Å². The van der Waals surface area contributed by atoms with E-state index in [9.17, 15) is 13.2 Å². The van der Waals surface area contributed by atoms with E-state index in [4.69, 9.17) is 0 Å². The third-order valence-electron chi connectivity index (χ3n) is 4.11. The molecule has 20 heavy (non-hydrogen) atoms. The Labute approximate surface area is 117 Å². The van der Waals surface area contributed by atoms with E-state index < -0.39 is 17.5 Å². The van der Waals surface area contributed by atoms with Gasteiger partial charge in [0.05, 0.1) is 0 Å². The first-order chi connectivity index (χ1) is 9.63. The highest BCUT2D eigenvalue weighted by atomic mass is 19.2. The molecule has 1 atom stereocenters. The quantitative estimate of drug-likeness (QED) is 0.836. The molecule has 1 saturated carbocycles. The van der Waals surface area contributed by atoms with Gasteiger partial charge < -0.3 is 5.32 Å². The van der Waals surface area contributed by atoms with E-state index in [-0.39, 0.29) is 0 Å². The van der Waals surface area contributed by atoms with Crippen LogP contribution >= 0.6 is 0 Å². The standard InChI is InChI=1S/C15H19F3N2/c16-13-6-10(7-14(17)15(13)18)8-20(12-3-4-12)9-11-2-1-5-19-11/h6-7,11-12,19H,1-5,8-9H2. The Morgan fingerprint density at radius 1 is 1.10 bits per heavy atom. The Hall–Kier alpha value is -1.07. The second-order valence-corrected chi connectivity index (χ2v) is 5.83. The second-order valence-electron chi connectivity index (χ2n) is 5.83. The molecule has 5 heteroatoms. The van der Waals surface area contributed by atoms with Crippen molar-refractivity contribution in [2.45, 2.75) is 44.3 Å². The van der Waals surface area contributed by atoms with Crippen LogP contribution in [0, 0.1) is 17.5 Å². The van der Waals surface area contributed by atoms with Crippen molar-refractivity contribution in [3.63, 3.8) is 0 Å². The van der Waals surface area contributed by atoms with E-state index in [2.05, 4.69) is 10.2 Å². The fraction of sp³-hybridized carbons (Fsp3) is 0.600. The molecule has 1 N–H and O–H groups in total. The zero-order chi connectivity index (χ0) is 14.1. The van der Waals surface area contributed by atoms with Crippen molar-refractivity contribution in [3.8, 4) is 0 Å². The zero-order valence-corrected chi connectivity index (χ0v) is 11.3. The lowest BCUT2D eigenvalue weighted by Crippen LogP contribution is -2.38. The summed E-state index contributed by atoms with van der Waals surface area (Å²) in [6, 6.07) is 3.19. The lowest BCUT2D eigenvalue weighted by Gasteiger charge is -2.25. The fourth-order valence-corrected chi connectivity index (χ4v) is 2.91. The predicted octanol–water partition coefficient (Wildman–Crippen LogP) is 2.82. The van der Waals surface area contributed by atoms with E-state index >= 15 is 0 Å².